The average Bonchev–Trinajstić information content (AvgIpc) is 2.05. The number of hydrogen-bond acceptors (Lipinski definition) is 0. The highest BCUT2D eigenvalue weighted by Gasteiger charge is 2.16. The van der Waals surface area contributed by atoms with Crippen molar-refractivity contribution in [1.82, 2.24) is 0 Å². The van der Waals surface area contributed by atoms with Crippen LogP contribution in [0.5, 0.6) is 0 Å². The summed E-state index contributed by atoms with van der Waals surface area (Å²) in [6, 6.07) is 0. The fourth-order valence-corrected chi connectivity index (χ4v) is 2.00. The predicted octanol–water partition coefficient (Wildman–Crippen LogP) is 3.06. The number of rotatable bonds is 0. The third-order valence-electron chi connectivity index (χ3n) is 2.60. The smallest absolute Gasteiger partial charge is 0.0162 e. The molecule has 2 rings (SSSR count). The summed E-state index contributed by atoms with van der Waals surface area (Å²) in [5, 5.41) is 0. The van der Waals surface area contributed by atoms with Gasteiger partial charge in [0, 0.05) is 0 Å². The maximum absolute atomic E-state index is 2.42. The molecule has 0 heterocycles. The summed E-state index contributed by atoms with van der Waals surface area (Å²) < 4.78 is 0. The molecule has 0 aromatic heterocycles. The van der Waals surface area contributed by atoms with E-state index in [1.807, 2.05) is 0 Å². The number of fused-ring (bicyclic) bond motifs is 1. The minimum Gasteiger partial charge on any atom is -0.0842 e. The zero-order valence-corrected chi connectivity index (χ0v) is 6.34. The Morgan fingerprint density at radius 1 is 1.20 bits per heavy atom. The molecule has 0 aromatic rings. The van der Waals surface area contributed by atoms with Gasteiger partial charge >= 0.3 is 0 Å². The molecule has 0 saturated carbocycles. The second-order valence-corrected chi connectivity index (χ2v) is 3.31. The topological polar surface area (TPSA) is 0 Å². The van der Waals surface area contributed by atoms with Gasteiger partial charge in [-0.25, -0.2) is 0 Å². The van der Waals surface area contributed by atoms with Gasteiger partial charge in [0.05, 0.1) is 0 Å². The molecule has 0 aliphatic heterocycles. The monoisotopic (exact) mass is 134 g/mol. The minimum atomic E-state index is 0.929. The SMILES string of the molecule is C1=CC2=CCCC[C@H]2CC1. The van der Waals surface area contributed by atoms with Crippen LogP contribution in [0.25, 0.3) is 0 Å². The van der Waals surface area contributed by atoms with Crippen LogP contribution in [0.1, 0.15) is 32.1 Å². The molecule has 0 unspecified atom stereocenters. The van der Waals surface area contributed by atoms with Crippen molar-refractivity contribution in [2.24, 2.45) is 5.92 Å². The van der Waals surface area contributed by atoms with Crippen molar-refractivity contribution in [3.8, 4) is 0 Å². The third kappa shape index (κ3) is 1.03. The number of hydrogen-bond donors (Lipinski definition) is 0. The van der Waals surface area contributed by atoms with Crippen LogP contribution in [0.3, 0.4) is 0 Å². The zero-order chi connectivity index (χ0) is 6.81. The van der Waals surface area contributed by atoms with E-state index in [1.165, 1.54) is 32.1 Å². The van der Waals surface area contributed by atoms with Gasteiger partial charge in [0.2, 0.25) is 0 Å². The molecular weight excluding hydrogens is 120 g/mol. The van der Waals surface area contributed by atoms with Crippen molar-refractivity contribution in [2.45, 2.75) is 32.1 Å². The maximum atomic E-state index is 2.42. The molecular formula is C10H14. The van der Waals surface area contributed by atoms with Gasteiger partial charge < -0.3 is 0 Å². The largest absolute Gasteiger partial charge is 0.0842 e. The van der Waals surface area contributed by atoms with E-state index in [0.717, 1.165) is 5.92 Å². The van der Waals surface area contributed by atoms with E-state index < -0.39 is 0 Å². The molecule has 2 aliphatic carbocycles. The first-order valence-electron chi connectivity index (χ1n) is 4.33. The van der Waals surface area contributed by atoms with Gasteiger partial charge in [-0.15, -0.1) is 0 Å². The molecule has 0 bridgehead atoms. The van der Waals surface area contributed by atoms with Crippen LogP contribution in [0, 0.1) is 5.92 Å². The lowest BCUT2D eigenvalue weighted by atomic mass is 9.81. The van der Waals surface area contributed by atoms with Gasteiger partial charge in [-0.2, -0.15) is 0 Å². The second kappa shape index (κ2) is 2.61. The highest BCUT2D eigenvalue weighted by atomic mass is 14.2. The summed E-state index contributed by atoms with van der Waals surface area (Å²) in [6.07, 6.45) is 13.9. The first kappa shape index (κ1) is 6.21. The molecule has 0 radical (unpaired) electrons. The van der Waals surface area contributed by atoms with Crippen molar-refractivity contribution in [2.75, 3.05) is 0 Å². The van der Waals surface area contributed by atoms with Crippen LogP contribution in [0.15, 0.2) is 23.8 Å². The van der Waals surface area contributed by atoms with Crippen LogP contribution < -0.4 is 0 Å². The third-order valence-corrected chi connectivity index (χ3v) is 2.60. The Labute approximate surface area is 62.6 Å². The van der Waals surface area contributed by atoms with Crippen LogP contribution in [-0.4, -0.2) is 0 Å². The van der Waals surface area contributed by atoms with Gasteiger partial charge in [-0.1, -0.05) is 18.2 Å². The Balaban J connectivity index is 2.21. The van der Waals surface area contributed by atoms with Crippen LogP contribution in [-0.2, 0) is 0 Å². The van der Waals surface area contributed by atoms with Gasteiger partial charge in [0.15, 0.2) is 0 Å². The highest BCUT2D eigenvalue weighted by Crippen LogP contribution is 2.32. The molecule has 2 aliphatic rings. The van der Waals surface area contributed by atoms with Crippen LogP contribution >= 0.6 is 0 Å². The lowest BCUT2D eigenvalue weighted by Gasteiger charge is -2.24. The van der Waals surface area contributed by atoms with Crippen molar-refractivity contribution in [1.29, 1.82) is 0 Å². The summed E-state index contributed by atoms with van der Waals surface area (Å²) in [4.78, 5) is 0. The van der Waals surface area contributed by atoms with E-state index in [-0.39, 0.29) is 0 Å². The van der Waals surface area contributed by atoms with Gasteiger partial charge in [0.1, 0.15) is 0 Å². The Morgan fingerprint density at radius 3 is 3.10 bits per heavy atom. The normalized spacial score (nSPS) is 31.2. The first-order chi connectivity index (χ1) is 4.97. The Kier molecular flexibility index (Phi) is 1.62. The molecule has 0 saturated heterocycles. The van der Waals surface area contributed by atoms with Gasteiger partial charge in [-0.05, 0) is 43.6 Å². The van der Waals surface area contributed by atoms with Gasteiger partial charge in [0.25, 0.3) is 0 Å². The first-order valence-corrected chi connectivity index (χ1v) is 4.33. The molecule has 0 amide bonds. The van der Waals surface area contributed by atoms with Crippen molar-refractivity contribution in [3.63, 3.8) is 0 Å². The molecule has 0 aromatic carbocycles. The standard InChI is InChI=1S/C10H14/c1-2-6-10-8-4-3-7-9(10)5-1/h1,5,7,10H,2-4,6,8H2/t10-/m1/s1. The molecule has 54 valence electrons. The zero-order valence-electron chi connectivity index (χ0n) is 6.34. The molecule has 10 heavy (non-hydrogen) atoms. The molecule has 1 atom stereocenters. The van der Waals surface area contributed by atoms with E-state index in [0.29, 0.717) is 0 Å². The Bertz CT molecular complexity index is 174. The lowest BCUT2D eigenvalue weighted by Crippen LogP contribution is -2.09. The lowest BCUT2D eigenvalue weighted by molar-refractivity contribution is 0.481. The van der Waals surface area contributed by atoms with Crippen molar-refractivity contribution >= 4 is 0 Å². The average molecular weight is 134 g/mol. The predicted molar refractivity (Wildman–Crippen MR) is 43.8 cm³/mol. The fourth-order valence-electron chi connectivity index (χ4n) is 2.00. The summed E-state index contributed by atoms with van der Waals surface area (Å²) in [5.41, 5.74) is 1.62. The molecule has 0 heteroatoms. The highest BCUT2D eigenvalue weighted by molar-refractivity contribution is 5.25. The van der Waals surface area contributed by atoms with Gasteiger partial charge in [-0.3, -0.25) is 0 Å². The molecule has 0 N–H and O–H groups in total. The minimum absolute atomic E-state index is 0.929. The van der Waals surface area contributed by atoms with Crippen LogP contribution in [0.4, 0.5) is 0 Å². The summed E-state index contributed by atoms with van der Waals surface area (Å²) >= 11 is 0. The second-order valence-electron chi connectivity index (χ2n) is 3.31. The maximum Gasteiger partial charge on any atom is -0.0162 e. The molecule has 0 nitrogen and oxygen atoms in total. The van der Waals surface area contributed by atoms with Crippen LogP contribution in [0.2, 0.25) is 0 Å². The van der Waals surface area contributed by atoms with Crippen molar-refractivity contribution in [3.05, 3.63) is 23.8 Å². The summed E-state index contributed by atoms with van der Waals surface area (Å²) in [6.45, 7) is 0. The van der Waals surface area contributed by atoms with E-state index in [2.05, 4.69) is 18.2 Å². The number of allylic oxidation sites excluding steroid dienone is 4. The Hall–Kier alpha value is -0.520. The van der Waals surface area contributed by atoms with Crippen molar-refractivity contribution < 1.29 is 0 Å². The fraction of sp³-hybridized carbons (Fsp3) is 0.600. The van der Waals surface area contributed by atoms with E-state index in [9.17, 15) is 0 Å². The quantitative estimate of drug-likeness (QED) is 0.477. The van der Waals surface area contributed by atoms with E-state index in [4.69, 9.17) is 0 Å². The molecule has 0 fully saturated rings. The van der Waals surface area contributed by atoms with E-state index in [1.54, 1.807) is 5.57 Å². The summed E-state index contributed by atoms with van der Waals surface area (Å²) in [5.74, 6) is 0.929. The Morgan fingerprint density at radius 2 is 2.20 bits per heavy atom. The molecule has 0 spiro atoms. The summed E-state index contributed by atoms with van der Waals surface area (Å²) in [7, 11) is 0. The van der Waals surface area contributed by atoms with E-state index >= 15 is 0 Å².